The van der Waals surface area contributed by atoms with Crippen LogP contribution in [0.15, 0.2) is 85.3 Å². The molecule has 5 rings (SSSR count). The van der Waals surface area contributed by atoms with Gasteiger partial charge in [-0.1, -0.05) is 30.3 Å². The molecule has 0 aliphatic rings. The molecule has 7 nitrogen and oxygen atoms in total. The number of pyridine rings is 2. The lowest BCUT2D eigenvalue weighted by atomic mass is 10.0. The van der Waals surface area contributed by atoms with E-state index in [4.69, 9.17) is 0 Å². The van der Waals surface area contributed by atoms with Crippen molar-refractivity contribution in [3.05, 3.63) is 102 Å². The number of hydrogen-bond donors (Lipinski definition) is 3. The fraction of sp³-hybridized carbons (Fsp3) is 0.0714. The maximum absolute atomic E-state index is 15.1. The van der Waals surface area contributed by atoms with Gasteiger partial charge in [-0.25, -0.2) is 4.39 Å². The molecule has 0 fully saturated rings. The van der Waals surface area contributed by atoms with E-state index in [1.165, 1.54) is 25.5 Å². The van der Waals surface area contributed by atoms with E-state index in [1.807, 2.05) is 30.3 Å². The number of amides is 1. The van der Waals surface area contributed by atoms with Crippen LogP contribution in [0.25, 0.3) is 33.8 Å². The number of hydrogen-bond acceptors (Lipinski definition) is 5. The molecule has 3 N–H and O–H groups in total. The Morgan fingerprint density at radius 3 is 2.33 bits per heavy atom. The van der Waals surface area contributed by atoms with Crippen LogP contribution in [0.3, 0.4) is 0 Å². The number of nitrogens with one attached hydrogen (secondary N) is 3. The minimum atomic E-state index is -4.79. The summed E-state index contributed by atoms with van der Waals surface area (Å²) in [6.07, 6.45) is -0.481. The van der Waals surface area contributed by atoms with Crippen molar-refractivity contribution in [3.63, 3.8) is 0 Å². The van der Waals surface area contributed by atoms with E-state index in [-0.39, 0.29) is 22.9 Å². The third kappa shape index (κ3) is 5.33. The smallest absolute Gasteiger partial charge is 0.355 e. The SMILES string of the molecule is CNC(=O)c1ccc(-c2cnc(-c3ccccc3)c(Nc3cc(-c4ccn[nH]4)c(C(F)(F)F)cc3F)c2)nc1. The van der Waals surface area contributed by atoms with E-state index in [0.29, 0.717) is 39.8 Å². The second-order valence-electron chi connectivity index (χ2n) is 8.47. The van der Waals surface area contributed by atoms with E-state index in [0.717, 1.165) is 6.07 Å². The maximum Gasteiger partial charge on any atom is 0.417 e. The summed E-state index contributed by atoms with van der Waals surface area (Å²) in [5.41, 5.74) is 1.39. The number of nitrogens with zero attached hydrogens (tertiary/aromatic N) is 3. The molecule has 0 unspecified atom stereocenters. The van der Waals surface area contributed by atoms with E-state index in [9.17, 15) is 18.0 Å². The molecule has 3 aromatic heterocycles. The Morgan fingerprint density at radius 2 is 1.69 bits per heavy atom. The normalized spacial score (nSPS) is 11.3. The number of H-pyrrole nitrogens is 1. The average Bonchev–Trinajstić information content (AvgIpc) is 3.48. The fourth-order valence-electron chi connectivity index (χ4n) is 4.05. The molecule has 3 heterocycles. The average molecular weight is 533 g/mol. The number of carbonyl (C=O) groups excluding carboxylic acids is 1. The number of aromatic amines is 1. The zero-order chi connectivity index (χ0) is 27.6. The summed E-state index contributed by atoms with van der Waals surface area (Å²) in [5, 5.41) is 11.7. The van der Waals surface area contributed by atoms with Gasteiger partial charge in [-0.15, -0.1) is 0 Å². The van der Waals surface area contributed by atoms with E-state index < -0.39 is 17.6 Å². The highest BCUT2D eigenvalue weighted by atomic mass is 19.4. The molecule has 0 radical (unpaired) electrons. The van der Waals surface area contributed by atoms with Crippen LogP contribution < -0.4 is 10.6 Å². The monoisotopic (exact) mass is 532 g/mol. The molecular formula is C28H20F4N6O. The van der Waals surface area contributed by atoms with Crippen molar-refractivity contribution >= 4 is 17.3 Å². The minimum Gasteiger partial charge on any atom is -0.355 e. The highest BCUT2D eigenvalue weighted by Gasteiger charge is 2.35. The summed E-state index contributed by atoms with van der Waals surface area (Å²) in [7, 11) is 1.51. The van der Waals surface area contributed by atoms with Gasteiger partial charge in [-0.05, 0) is 36.4 Å². The summed E-state index contributed by atoms with van der Waals surface area (Å²) >= 11 is 0. The first-order valence-corrected chi connectivity index (χ1v) is 11.7. The van der Waals surface area contributed by atoms with Crippen LogP contribution in [0.1, 0.15) is 15.9 Å². The summed E-state index contributed by atoms with van der Waals surface area (Å²) < 4.78 is 56.4. The number of anilines is 2. The van der Waals surface area contributed by atoms with Crippen molar-refractivity contribution in [1.82, 2.24) is 25.5 Å². The zero-order valence-electron chi connectivity index (χ0n) is 20.3. The largest absolute Gasteiger partial charge is 0.417 e. The summed E-state index contributed by atoms with van der Waals surface area (Å²) in [6.45, 7) is 0. The predicted octanol–water partition coefficient (Wildman–Crippen LogP) is 6.46. The number of rotatable bonds is 6. The Labute approximate surface area is 220 Å². The molecule has 0 saturated heterocycles. The van der Waals surface area contributed by atoms with Gasteiger partial charge in [0.05, 0.1) is 39.6 Å². The molecule has 0 aliphatic carbocycles. The van der Waals surface area contributed by atoms with Crippen LogP contribution in [0.4, 0.5) is 28.9 Å². The molecular weight excluding hydrogens is 512 g/mol. The Bertz CT molecular complexity index is 1620. The van der Waals surface area contributed by atoms with Gasteiger partial charge in [0.25, 0.3) is 5.91 Å². The Morgan fingerprint density at radius 1 is 0.897 bits per heavy atom. The van der Waals surface area contributed by atoms with Crippen LogP contribution in [-0.2, 0) is 6.18 Å². The summed E-state index contributed by atoms with van der Waals surface area (Å²) in [5.74, 6) is -1.39. The van der Waals surface area contributed by atoms with Crippen molar-refractivity contribution in [1.29, 1.82) is 0 Å². The number of benzene rings is 2. The molecule has 0 atom stereocenters. The van der Waals surface area contributed by atoms with Gasteiger partial charge in [0.2, 0.25) is 0 Å². The minimum absolute atomic E-state index is 0.0842. The first-order chi connectivity index (χ1) is 18.7. The van der Waals surface area contributed by atoms with Crippen molar-refractivity contribution in [3.8, 4) is 33.8 Å². The molecule has 0 saturated carbocycles. The van der Waals surface area contributed by atoms with Crippen LogP contribution in [0.5, 0.6) is 0 Å². The van der Waals surface area contributed by atoms with Gasteiger partial charge in [-0.2, -0.15) is 18.3 Å². The van der Waals surface area contributed by atoms with E-state index >= 15 is 4.39 Å². The first-order valence-electron chi connectivity index (χ1n) is 11.7. The van der Waals surface area contributed by atoms with Crippen LogP contribution in [-0.4, -0.2) is 33.1 Å². The predicted molar refractivity (Wildman–Crippen MR) is 139 cm³/mol. The van der Waals surface area contributed by atoms with Gasteiger partial charge in [-0.3, -0.25) is 19.9 Å². The lowest BCUT2D eigenvalue weighted by molar-refractivity contribution is -0.137. The molecule has 11 heteroatoms. The zero-order valence-corrected chi connectivity index (χ0v) is 20.3. The highest BCUT2D eigenvalue weighted by Crippen LogP contribution is 2.40. The second kappa shape index (κ2) is 10.4. The lowest BCUT2D eigenvalue weighted by Crippen LogP contribution is -2.17. The van der Waals surface area contributed by atoms with Gasteiger partial charge in [0.15, 0.2) is 0 Å². The molecule has 196 valence electrons. The van der Waals surface area contributed by atoms with Crippen molar-refractivity contribution < 1.29 is 22.4 Å². The van der Waals surface area contributed by atoms with Gasteiger partial charge in [0.1, 0.15) is 5.82 Å². The number of halogens is 4. The van der Waals surface area contributed by atoms with Crippen LogP contribution in [0.2, 0.25) is 0 Å². The van der Waals surface area contributed by atoms with Crippen molar-refractivity contribution in [2.45, 2.75) is 6.18 Å². The van der Waals surface area contributed by atoms with Crippen molar-refractivity contribution in [2.75, 3.05) is 12.4 Å². The number of aromatic nitrogens is 4. The van der Waals surface area contributed by atoms with E-state index in [1.54, 1.807) is 24.4 Å². The molecule has 39 heavy (non-hydrogen) atoms. The first kappa shape index (κ1) is 25.6. The van der Waals surface area contributed by atoms with Gasteiger partial charge >= 0.3 is 6.18 Å². The third-order valence-corrected chi connectivity index (χ3v) is 5.96. The van der Waals surface area contributed by atoms with Crippen LogP contribution >= 0.6 is 0 Å². The van der Waals surface area contributed by atoms with Gasteiger partial charge < -0.3 is 10.6 Å². The fourth-order valence-corrected chi connectivity index (χ4v) is 4.05. The second-order valence-corrected chi connectivity index (χ2v) is 8.47. The molecule has 0 aliphatic heterocycles. The summed E-state index contributed by atoms with van der Waals surface area (Å²) in [6, 6.07) is 16.9. The molecule has 5 aromatic rings. The Balaban J connectivity index is 1.62. The molecule has 0 spiro atoms. The Kier molecular flexibility index (Phi) is 6.80. The van der Waals surface area contributed by atoms with Gasteiger partial charge in [0, 0.05) is 42.3 Å². The lowest BCUT2D eigenvalue weighted by Gasteiger charge is -2.17. The highest BCUT2D eigenvalue weighted by molar-refractivity contribution is 5.94. The Hall–Kier alpha value is -5.06. The quantitative estimate of drug-likeness (QED) is 0.218. The van der Waals surface area contributed by atoms with Crippen LogP contribution in [0, 0.1) is 5.82 Å². The standard InChI is InChI=1S/C28H20F4N6O/c1-33-27(39)17-7-8-22(34-14-17)18-11-25(26(35-15-18)16-5-3-2-4-6-16)37-24-12-19(23-9-10-36-38-23)20(13-21(24)29)28(30,31)32/h2-15,37H,1H3,(H,33,39)(H,36,38). The number of carbonyl (C=O) groups is 1. The third-order valence-electron chi connectivity index (χ3n) is 5.96. The summed E-state index contributed by atoms with van der Waals surface area (Å²) in [4.78, 5) is 20.8. The topological polar surface area (TPSA) is 95.6 Å². The molecule has 0 bridgehead atoms. The maximum atomic E-state index is 15.1. The van der Waals surface area contributed by atoms with E-state index in [2.05, 4.69) is 30.8 Å². The molecule has 1 amide bonds. The molecule has 2 aromatic carbocycles. The van der Waals surface area contributed by atoms with Crippen molar-refractivity contribution in [2.24, 2.45) is 0 Å². The number of alkyl halides is 3.